The van der Waals surface area contributed by atoms with Crippen LogP contribution in [0.15, 0.2) is 42.5 Å². The van der Waals surface area contributed by atoms with Gasteiger partial charge >= 0.3 is 0 Å². The van der Waals surface area contributed by atoms with Gasteiger partial charge in [0, 0.05) is 22.0 Å². The number of benzene rings is 2. The molecule has 2 aromatic rings. The highest BCUT2D eigenvalue weighted by Crippen LogP contribution is 2.27. The number of hydrogen-bond donors (Lipinski definition) is 1. The van der Waals surface area contributed by atoms with Gasteiger partial charge in [0.15, 0.2) is 0 Å². The van der Waals surface area contributed by atoms with E-state index in [9.17, 15) is 22.8 Å². The molecule has 0 saturated carbocycles. The molecule has 1 N–H and O–H groups in total. The molecule has 0 spiro atoms. The summed E-state index contributed by atoms with van der Waals surface area (Å²) in [6, 6.07) is 9.22. The van der Waals surface area contributed by atoms with Crippen molar-refractivity contribution in [1.82, 2.24) is 4.90 Å². The second kappa shape index (κ2) is 8.14. The van der Waals surface area contributed by atoms with E-state index in [2.05, 4.69) is 5.32 Å². The van der Waals surface area contributed by atoms with E-state index in [0.29, 0.717) is 0 Å². The lowest BCUT2D eigenvalue weighted by Gasteiger charge is -2.25. The van der Waals surface area contributed by atoms with E-state index in [1.807, 2.05) is 0 Å². The zero-order valence-corrected chi connectivity index (χ0v) is 17.5. The Bertz CT molecular complexity index is 1060. The SMILES string of the molecule is CS(=O)(=O)CC[C@H](C(=O)Nc1cc(Cl)cc(Cl)c1)N1C(=O)c2ccccc2C1=O. The first-order valence-corrected chi connectivity index (χ1v) is 11.3. The predicted molar refractivity (Wildman–Crippen MR) is 110 cm³/mol. The molecule has 0 saturated heterocycles. The number of imide groups is 1. The van der Waals surface area contributed by atoms with Crippen LogP contribution in [0.5, 0.6) is 0 Å². The maximum atomic E-state index is 12.9. The van der Waals surface area contributed by atoms with Crippen molar-refractivity contribution in [3.8, 4) is 0 Å². The number of carbonyl (C=O) groups excluding carboxylic acids is 3. The smallest absolute Gasteiger partial charge is 0.262 e. The quantitative estimate of drug-likeness (QED) is 0.675. The van der Waals surface area contributed by atoms with Crippen LogP contribution in [0, 0.1) is 0 Å². The van der Waals surface area contributed by atoms with E-state index in [-0.39, 0.29) is 39.0 Å². The molecule has 0 radical (unpaired) electrons. The number of fused-ring (bicyclic) bond motifs is 1. The molecule has 0 bridgehead atoms. The summed E-state index contributed by atoms with van der Waals surface area (Å²) in [5.74, 6) is -2.40. The summed E-state index contributed by atoms with van der Waals surface area (Å²) >= 11 is 11.9. The van der Waals surface area contributed by atoms with E-state index in [4.69, 9.17) is 23.2 Å². The van der Waals surface area contributed by atoms with E-state index in [1.54, 1.807) is 12.1 Å². The molecule has 1 aliphatic rings. The standard InChI is InChI=1S/C19H16Cl2N2O5S/c1-29(27,28)7-6-16(17(24)22-13-9-11(20)8-12(21)10-13)23-18(25)14-4-2-3-5-15(14)19(23)26/h2-5,8-10,16H,6-7H2,1H3,(H,22,24)/t16-/m1/s1. The van der Waals surface area contributed by atoms with Crippen LogP contribution >= 0.6 is 23.2 Å². The molecule has 29 heavy (non-hydrogen) atoms. The Morgan fingerprint density at radius 2 is 1.55 bits per heavy atom. The van der Waals surface area contributed by atoms with Crippen molar-refractivity contribution >= 4 is 56.4 Å². The van der Waals surface area contributed by atoms with Gasteiger partial charge in [0.2, 0.25) is 5.91 Å². The molecule has 3 amide bonds. The number of sulfone groups is 1. The first-order valence-electron chi connectivity index (χ1n) is 8.48. The minimum absolute atomic E-state index is 0.167. The number of hydrogen-bond acceptors (Lipinski definition) is 5. The third-order valence-electron chi connectivity index (χ3n) is 4.33. The van der Waals surface area contributed by atoms with Crippen LogP contribution in [-0.2, 0) is 14.6 Å². The fraction of sp³-hybridized carbons (Fsp3) is 0.211. The molecule has 152 valence electrons. The Kier molecular flexibility index (Phi) is 5.97. The van der Waals surface area contributed by atoms with Gasteiger partial charge in [-0.15, -0.1) is 0 Å². The number of nitrogens with zero attached hydrogens (tertiary/aromatic N) is 1. The number of anilines is 1. The van der Waals surface area contributed by atoms with E-state index < -0.39 is 33.6 Å². The molecule has 0 unspecified atom stereocenters. The summed E-state index contributed by atoms with van der Waals surface area (Å²) in [7, 11) is -3.44. The van der Waals surface area contributed by atoms with Crippen molar-refractivity contribution < 1.29 is 22.8 Å². The van der Waals surface area contributed by atoms with Gasteiger partial charge in [-0.3, -0.25) is 19.3 Å². The summed E-state index contributed by atoms with van der Waals surface area (Å²) in [4.78, 5) is 39.3. The minimum atomic E-state index is -3.44. The van der Waals surface area contributed by atoms with E-state index >= 15 is 0 Å². The molecule has 1 atom stereocenters. The number of amides is 3. The van der Waals surface area contributed by atoms with Crippen molar-refractivity contribution in [2.45, 2.75) is 12.5 Å². The molecule has 0 aromatic heterocycles. The molecule has 10 heteroatoms. The molecule has 0 aliphatic carbocycles. The Balaban J connectivity index is 1.93. The number of carbonyl (C=O) groups is 3. The largest absolute Gasteiger partial charge is 0.324 e. The van der Waals surface area contributed by atoms with Gasteiger partial charge in [0.25, 0.3) is 11.8 Å². The van der Waals surface area contributed by atoms with Gasteiger partial charge in [-0.05, 0) is 36.8 Å². The van der Waals surface area contributed by atoms with E-state index in [1.165, 1.54) is 30.3 Å². The van der Waals surface area contributed by atoms with Crippen LogP contribution < -0.4 is 5.32 Å². The Hall–Kier alpha value is -2.42. The lowest BCUT2D eigenvalue weighted by molar-refractivity contribution is -0.120. The van der Waals surface area contributed by atoms with Crippen molar-refractivity contribution in [3.05, 3.63) is 63.6 Å². The Morgan fingerprint density at radius 1 is 1.03 bits per heavy atom. The van der Waals surface area contributed by atoms with Crippen LogP contribution in [0.2, 0.25) is 10.0 Å². The zero-order valence-electron chi connectivity index (χ0n) is 15.2. The fourth-order valence-electron chi connectivity index (χ4n) is 3.05. The summed E-state index contributed by atoms with van der Waals surface area (Å²) in [5.41, 5.74) is 0.592. The first kappa shape index (κ1) is 21.3. The average molecular weight is 455 g/mol. The van der Waals surface area contributed by atoms with Crippen molar-refractivity contribution in [2.75, 3.05) is 17.3 Å². The molecule has 0 fully saturated rings. The predicted octanol–water partition coefficient (Wildman–Crippen LogP) is 3.03. The number of halogens is 2. The lowest BCUT2D eigenvalue weighted by atomic mass is 10.1. The average Bonchev–Trinajstić information content (AvgIpc) is 2.86. The van der Waals surface area contributed by atoms with Gasteiger partial charge in [-0.1, -0.05) is 35.3 Å². The summed E-state index contributed by atoms with van der Waals surface area (Å²) in [6.07, 6.45) is 0.769. The molecular weight excluding hydrogens is 439 g/mol. The second-order valence-corrected chi connectivity index (χ2v) is 9.74. The third-order valence-corrected chi connectivity index (χ3v) is 5.75. The van der Waals surface area contributed by atoms with Crippen LogP contribution in [0.3, 0.4) is 0 Å². The van der Waals surface area contributed by atoms with Gasteiger partial charge in [-0.2, -0.15) is 0 Å². The van der Waals surface area contributed by atoms with Gasteiger partial charge < -0.3 is 5.32 Å². The molecule has 3 rings (SSSR count). The summed E-state index contributed by atoms with van der Waals surface area (Å²) < 4.78 is 23.3. The molecule has 1 aliphatic heterocycles. The first-order chi connectivity index (χ1) is 13.6. The van der Waals surface area contributed by atoms with Gasteiger partial charge in [0.05, 0.1) is 16.9 Å². The highest BCUT2D eigenvalue weighted by molar-refractivity contribution is 7.90. The minimum Gasteiger partial charge on any atom is -0.324 e. The van der Waals surface area contributed by atoms with Crippen LogP contribution in [0.4, 0.5) is 5.69 Å². The lowest BCUT2D eigenvalue weighted by Crippen LogP contribution is -2.48. The van der Waals surface area contributed by atoms with Crippen molar-refractivity contribution in [1.29, 1.82) is 0 Å². The number of nitrogens with one attached hydrogen (secondary N) is 1. The maximum Gasteiger partial charge on any atom is 0.262 e. The summed E-state index contributed by atoms with van der Waals surface area (Å²) in [5, 5.41) is 3.11. The van der Waals surface area contributed by atoms with E-state index in [0.717, 1.165) is 11.2 Å². The second-order valence-electron chi connectivity index (χ2n) is 6.61. The third kappa shape index (κ3) is 4.77. The maximum absolute atomic E-state index is 12.9. The van der Waals surface area contributed by atoms with Crippen LogP contribution in [0.25, 0.3) is 0 Å². The Labute approximate surface area is 177 Å². The van der Waals surface area contributed by atoms with Crippen molar-refractivity contribution in [2.24, 2.45) is 0 Å². The zero-order chi connectivity index (χ0) is 21.3. The molecular formula is C19H16Cl2N2O5S. The van der Waals surface area contributed by atoms with Crippen LogP contribution in [-0.4, -0.2) is 49.1 Å². The fourth-order valence-corrected chi connectivity index (χ4v) is 4.22. The van der Waals surface area contributed by atoms with Crippen LogP contribution in [0.1, 0.15) is 27.1 Å². The highest BCUT2D eigenvalue weighted by atomic mass is 35.5. The van der Waals surface area contributed by atoms with Gasteiger partial charge in [0.1, 0.15) is 15.9 Å². The number of rotatable bonds is 6. The topological polar surface area (TPSA) is 101 Å². The molecule has 7 nitrogen and oxygen atoms in total. The molecule has 1 heterocycles. The monoisotopic (exact) mass is 454 g/mol. The summed E-state index contributed by atoms with van der Waals surface area (Å²) in [6.45, 7) is 0. The molecule has 2 aromatic carbocycles. The highest BCUT2D eigenvalue weighted by Gasteiger charge is 2.42. The Morgan fingerprint density at radius 3 is 2.03 bits per heavy atom. The van der Waals surface area contributed by atoms with Crippen molar-refractivity contribution in [3.63, 3.8) is 0 Å². The van der Waals surface area contributed by atoms with Gasteiger partial charge in [-0.25, -0.2) is 8.42 Å². The normalized spacial score (nSPS) is 14.7.